The highest BCUT2D eigenvalue weighted by Gasteiger charge is 2.29. The van der Waals surface area contributed by atoms with Crippen molar-refractivity contribution in [2.24, 2.45) is 0 Å². The van der Waals surface area contributed by atoms with Crippen molar-refractivity contribution in [3.8, 4) is 11.5 Å². The third kappa shape index (κ3) is 2.73. The summed E-state index contributed by atoms with van der Waals surface area (Å²) in [4.78, 5) is 17.5. The van der Waals surface area contributed by atoms with Gasteiger partial charge in [-0.05, 0) is 30.8 Å². The summed E-state index contributed by atoms with van der Waals surface area (Å²) in [5.74, 6) is 0.260. The lowest BCUT2D eigenvalue weighted by Gasteiger charge is -2.31. The van der Waals surface area contributed by atoms with E-state index in [9.17, 15) is 9.90 Å². The van der Waals surface area contributed by atoms with Gasteiger partial charge in [-0.1, -0.05) is 11.6 Å². The molecule has 3 rings (SSSR count). The van der Waals surface area contributed by atoms with Crippen LogP contribution >= 0.6 is 11.3 Å². The summed E-state index contributed by atoms with van der Waals surface area (Å²) in [7, 11) is 0. The molecule has 0 saturated carbocycles. The number of hydrogen-bond donors (Lipinski definition) is 1. The number of hydrogen-bond acceptors (Lipinski definition) is 6. The van der Waals surface area contributed by atoms with E-state index in [0.717, 1.165) is 24.9 Å². The number of carboxylic acid groups (broad SMARTS) is 1. The maximum Gasteiger partial charge on any atom is 0.320 e. The van der Waals surface area contributed by atoms with Crippen LogP contribution in [-0.4, -0.2) is 38.7 Å². The van der Waals surface area contributed by atoms with E-state index >= 15 is 0 Å². The summed E-state index contributed by atoms with van der Waals surface area (Å²) in [6.45, 7) is 1.18. The Bertz CT molecular complexity index is 581. The number of carbonyl (C=O) groups is 1. The van der Waals surface area contributed by atoms with Crippen LogP contribution in [0.1, 0.15) is 25.1 Å². The first-order valence-electron chi connectivity index (χ1n) is 6.56. The van der Waals surface area contributed by atoms with Gasteiger partial charge >= 0.3 is 5.97 Å². The highest BCUT2D eigenvalue weighted by atomic mass is 32.1. The highest BCUT2D eigenvalue weighted by Crippen LogP contribution is 2.22. The first-order chi connectivity index (χ1) is 9.74. The summed E-state index contributed by atoms with van der Waals surface area (Å²) in [6.07, 6.45) is 2.66. The van der Waals surface area contributed by atoms with Crippen LogP contribution < -0.4 is 0 Å². The van der Waals surface area contributed by atoms with Crippen molar-refractivity contribution in [1.29, 1.82) is 0 Å². The second-order valence-electron chi connectivity index (χ2n) is 4.85. The van der Waals surface area contributed by atoms with Gasteiger partial charge in [0.05, 0.1) is 12.1 Å². The molecule has 0 amide bonds. The third-order valence-corrected chi connectivity index (χ3v) is 4.16. The lowest BCUT2D eigenvalue weighted by atomic mass is 10.0. The van der Waals surface area contributed by atoms with Gasteiger partial charge < -0.3 is 9.63 Å². The molecule has 1 unspecified atom stereocenters. The van der Waals surface area contributed by atoms with Crippen molar-refractivity contribution in [3.63, 3.8) is 0 Å². The van der Waals surface area contributed by atoms with Crippen LogP contribution in [0.5, 0.6) is 0 Å². The number of piperidine rings is 1. The predicted molar refractivity (Wildman–Crippen MR) is 73.3 cm³/mol. The zero-order valence-corrected chi connectivity index (χ0v) is 11.7. The lowest BCUT2D eigenvalue weighted by molar-refractivity contribution is -0.144. The van der Waals surface area contributed by atoms with Crippen molar-refractivity contribution in [2.45, 2.75) is 31.8 Å². The monoisotopic (exact) mass is 293 g/mol. The molecule has 1 saturated heterocycles. The van der Waals surface area contributed by atoms with Gasteiger partial charge in [0, 0.05) is 5.38 Å². The minimum absolute atomic E-state index is 0.421. The Morgan fingerprint density at radius 1 is 1.55 bits per heavy atom. The van der Waals surface area contributed by atoms with Crippen LogP contribution in [0.3, 0.4) is 0 Å². The number of aromatic nitrogens is 2. The number of likely N-dealkylation sites (tertiary alicyclic amines) is 1. The summed E-state index contributed by atoms with van der Waals surface area (Å²) >= 11 is 1.57. The van der Waals surface area contributed by atoms with E-state index in [2.05, 4.69) is 10.1 Å². The van der Waals surface area contributed by atoms with E-state index in [1.54, 1.807) is 11.3 Å². The van der Waals surface area contributed by atoms with Crippen LogP contribution in [0.15, 0.2) is 21.3 Å². The lowest BCUT2D eigenvalue weighted by Crippen LogP contribution is -2.44. The quantitative estimate of drug-likeness (QED) is 0.931. The van der Waals surface area contributed by atoms with Crippen molar-refractivity contribution in [1.82, 2.24) is 15.0 Å². The largest absolute Gasteiger partial charge is 0.480 e. The summed E-state index contributed by atoms with van der Waals surface area (Å²) in [5.41, 5.74) is 0.905. The molecule has 0 aromatic carbocycles. The Hall–Kier alpha value is -1.73. The number of aliphatic carboxylic acids is 1. The molecule has 1 atom stereocenters. The van der Waals surface area contributed by atoms with E-state index in [1.807, 2.05) is 21.7 Å². The van der Waals surface area contributed by atoms with Gasteiger partial charge in [0.2, 0.25) is 0 Å². The number of rotatable bonds is 4. The highest BCUT2D eigenvalue weighted by molar-refractivity contribution is 7.08. The van der Waals surface area contributed by atoms with Crippen molar-refractivity contribution >= 4 is 17.3 Å². The topological polar surface area (TPSA) is 79.5 Å². The van der Waals surface area contributed by atoms with Crippen LogP contribution in [-0.2, 0) is 11.3 Å². The average Bonchev–Trinajstić information content (AvgIpc) is 3.09. The third-order valence-electron chi connectivity index (χ3n) is 3.48. The second kappa shape index (κ2) is 5.72. The molecule has 6 nitrogen and oxygen atoms in total. The number of carboxylic acids is 1. The van der Waals surface area contributed by atoms with Gasteiger partial charge in [0.25, 0.3) is 5.89 Å². The molecule has 0 aliphatic carbocycles. The molecule has 2 aromatic heterocycles. The normalized spacial score (nSPS) is 20.1. The summed E-state index contributed by atoms with van der Waals surface area (Å²) < 4.78 is 5.22. The van der Waals surface area contributed by atoms with Gasteiger partial charge in [-0.3, -0.25) is 9.69 Å². The molecule has 1 fully saturated rings. The van der Waals surface area contributed by atoms with E-state index in [4.69, 9.17) is 4.52 Å². The molecule has 0 radical (unpaired) electrons. The smallest absolute Gasteiger partial charge is 0.320 e. The first kappa shape index (κ1) is 13.3. The van der Waals surface area contributed by atoms with Gasteiger partial charge in [0.1, 0.15) is 6.04 Å². The van der Waals surface area contributed by atoms with Gasteiger partial charge in [0.15, 0.2) is 5.82 Å². The fourth-order valence-corrected chi connectivity index (χ4v) is 3.09. The van der Waals surface area contributed by atoms with Gasteiger partial charge in [-0.25, -0.2) is 0 Å². The molecule has 106 valence electrons. The Labute approximate surface area is 120 Å². The van der Waals surface area contributed by atoms with Crippen LogP contribution in [0.2, 0.25) is 0 Å². The minimum atomic E-state index is -0.772. The summed E-state index contributed by atoms with van der Waals surface area (Å²) in [5, 5.41) is 17.1. The average molecular weight is 293 g/mol. The second-order valence-corrected chi connectivity index (χ2v) is 5.63. The van der Waals surface area contributed by atoms with Crippen molar-refractivity contribution in [2.75, 3.05) is 6.54 Å². The van der Waals surface area contributed by atoms with Gasteiger partial charge in [-0.2, -0.15) is 16.3 Å². The molecular weight excluding hydrogens is 278 g/mol. The Balaban J connectivity index is 1.72. The van der Waals surface area contributed by atoms with Crippen molar-refractivity contribution < 1.29 is 14.4 Å². The van der Waals surface area contributed by atoms with E-state index < -0.39 is 12.0 Å². The molecule has 2 aromatic rings. The zero-order chi connectivity index (χ0) is 13.9. The van der Waals surface area contributed by atoms with Gasteiger partial charge in [-0.15, -0.1) is 0 Å². The van der Waals surface area contributed by atoms with E-state index in [0.29, 0.717) is 24.7 Å². The maximum atomic E-state index is 11.2. The Morgan fingerprint density at radius 2 is 2.45 bits per heavy atom. The van der Waals surface area contributed by atoms with E-state index in [-0.39, 0.29) is 0 Å². The first-order valence-corrected chi connectivity index (χ1v) is 7.50. The maximum absolute atomic E-state index is 11.2. The van der Waals surface area contributed by atoms with Crippen molar-refractivity contribution in [3.05, 3.63) is 22.7 Å². The molecule has 0 spiro atoms. The number of nitrogens with zero attached hydrogens (tertiary/aromatic N) is 3. The van der Waals surface area contributed by atoms with E-state index in [1.165, 1.54) is 0 Å². The number of thiophene rings is 1. The Morgan fingerprint density at radius 3 is 3.20 bits per heavy atom. The zero-order valence-electron chi connectivity index (χ0n) is 10.9. The fraction of sp³-hybridized carbons (Fsp3) is 0.462. The van der Waals surface area contributed by atoms with Crippen LogP contribution in [0.4, 0.5) is 0 Å². The van der Waals surface area contributed by atoms with Crippen LogP contribution in [0, 0.1) is 0 Å². The molecule has 0 bridgehead atoms. The fourth-order valence-electron chi connectivity index (χ4n) is 2.46. The van der Waals surface area contributed by atoms with Crippen LogP contribution in [0.25, 0.3) is 11.5 Å². The minimum Gasteiger partial charge on any atom is -0.480 e. The SMILES string of the molecule is O=C(O)C1CCCCN1Cc1noc(-c2ccsc2)n1. The molecule has 3 heterocycles. The predicted octanol–water partition coefficient (Wildman–Crippen LogP) is 2.24. The molecule has 1 aliphatic heterocycles. The standard InChI is InChI=1S/C13H15N3O3S/c17-13(18)10-3-1-2-5-16(10)7-11-14-12(19-15-11)9-4-6-20-8-9/h4,6,8,10H,1-3,5,7H2,(H,17,18). The molecule has 1 N–H and O–H groups in total. The molecular formula is C13H15N3O3S. The molecule has 7 heteroatoms. The Kier molecular flexibility index (Phi) is 3.79. The molecule has 20 heavy (non-hydrogen) atoms. The molecule has 1 aliphatic rings. The summed E-state index contributed by atoms with van der Waals surface area (Å²) in [6, 6.07) is 1.48.